The molecule has 3 N–H and O–H groups in total. The van der Waals surface area contributed by atoms with Gasteiger partial charge in [-0.25, -0.2) is 0 Å². The zero-order chi connectivity index (χ0) is 21.6. The maximum absolute atomic E-state index is 13.1. The molecule has 1 aromatic rings. The number of carboxylic acids is 1. The number of aliphatic carboxylic acids is 1. The number of primary amides is 1. The molecule has 1 aliphatic heterocycles. The molecule has 9 nitrogen and oxygen atoms in total. The van der Waals surface area contributed by atoms with Crippen LogP contribution in [0.1, 0.15) is 56.9 Å². The number of nitrogens with one attached hydrogen (secondary N) is 1. The van der Waals surface area contributed by atoms with Gasteiger partial charge in [-0.2, -0.15) is 0 Å². The quantitative estimate of drug-likeness (QED) is 0.587. The second kappa shape index (κ2) is 9.60. The van der Waals surface area contributed by atoms with Crippen LogP contribution in [-0.2, 0) is 19.2 Å². The lowest BCUT2D eigenvalue weighted by Crippen LogP contribution is -2.53. The van der Waals surface area contributed by atoms with Crippen molar-refractivity contribution in [3.63, 3.8) is 0 Å². The number of amides is 2. The van der Waals surface area contributed by atoms with Crippen LogP contribution >= 0.6 is 0 Å². The first-order valence-electron chi connectivity index (χ1n) is 10.2. The standard InChI is InChI=1S/C21H27N3O6/c22-18(25)13-29-17-10-6-5-9-15(17)16-11-21(30-24-16,12-19(26)27)20(28)23-14-7-3-1-2-4-8-14/h5-6,9-10,14H,1-4,7-8,11-13H2,(H2,22,25)(H,23,28)(H,26,27)/p-1/t21-/m0/s1. The SMILES string of the molecule is NC(=O)COc1ccccc1C1=NO[C@@](CC(=O)[O-])(C(=O)NC2CCCCCC2)C1. The highest BCUT2D eigenvalue weighted by Gasteiger charge is 2.47. The molecule has 2 amide bonds. The zero-order valence-corrected chi connectivity index (χ0v) is 16.7. The van der Waals surface area contributed by atoms with Crippen LogP contribution in [0, 0.1) is 0 Å². The molecular formula is C21H26N3O6-. The minimum absolute atomic E-state index is 0.0162. The van der Waals surface area contributed by atoms with E-state index in [-0.39, 0.29) is 19.1 Å². The van der Waals surface area contributed by atoms with E-state index < -0.39 is 29.8 Å². The van der Waals surface area contributed by atoms with Crippen molar-refractivity contribution in [1.82, 2.24) is 5.32 Å². The first-order valence-corrected chi connectivity index (χ1v) is 10.2. The van der Waals surface area contributed by atoms with Crippen molar-refractivity contribution >= 4 is 23.5 Å². The Kier molecular flexibility index (Phi) is 6.91. The van der Waals surface area contributed by atoms with Gasteiger partial charge in [0.05, 0.1) is 5.71 Å². The van der Waals surface area contributed by atoms with Gasteiger partial charge in [0.2, 0.25) is 5.60 Å². The first-order chi connectivity index (χ1) is 14.4. The third-order valence-electron chi connectivity index (χ3n) is 5.39. The van der Waals surface area contributed by atoms with Gasteiger partial charge >= 0.3 is 0 Å². The lowest BCUT2D eigenvalue weighted by atomic mass is 9.89. The first kappa shape index (κ1) is 21.6. The molecule has 0 bridgehead atoms. The maximum Gasteiger partial charge on any atom is 0.268 e. The molecule has 2 aliphatic rings. The van der Waals surface area contributed by atoms with E-state index in [0.29, 0.717) is 17.0 Å². The van der Waals surface area contributed by atoms with Crippen LogP contribution in [0.15, 0.2) is 29.4 Å². The number of hydrogen-bond acceptors (Lipinski definition) is 7. The van der Waals surface area contributed by atoms with Gasteiger partial charge in [-0.15, -0.1) is 0 Å². The predicted molar refractivity (Wildman–Crippen MR) is 105 cm³/mol. The fourth-order valence-corrected chi connectivity index (χ4v) is 3.87. The van der Waals surface area contributed by atoms with E-state index in [0.717, 1.165) is 38.5 Å². The van der Waals surface area contributed by atoms with Crippen molar-refractivity contribution in [1.29, 1.82) is 0 Å². The fraction of sp³-hybridized carbons (Fsp3) is 0.524. The highest BCUT2D eigenvalue weighted by molar-refractivity contribution is 6.08. The van der Waals surface area contributed by atoms with Crippen LogP contribution in [0.5, 0.6) is 5.75 Å². The third-order valence-corrected chi connectivity index (χ3v) is 5.39. The van der Waals surface area contributed by atoms with Crippen LogP contribution in [0.2, 0.25) is 0 Å². The summed E-state index contributed by atoms with van der Waals surface area (Å²) in [7, 11) is 0. The molecule has 0 saturated heterocycles. The molecule has 0 unspecified atom stereocenters. The second-order valence-electron chi connectivity index (χ2n) is 7.76. The monoisotopic (exact) mass is 416 g/mol. The predicted octanol–water partition coefficient (Wildman–Crippen LogP) is 0.393. The van der Waals surface area contributed by atoms with Crippen molar-refractivity contribution in [3.8, 4) is 5.75 Å². The van der Waals surface area contributed by atoms with E-state index in [1.165, 1.54) is 0 Å². The fourth-order valence-electron chi connectivity index (χ4n) is 3.87. The van der Waals surface area contributed by atoms with Gasteiger partial charge in [-0.3, -0.25) is 9.59 Å². The summed E-state index contributed by atoms with van der Waals surface area (Å²) in [4.78, 5) is 41.0. The number of ether oxygens (including phenoxy) is 1. The number of rotatable bonds is 8. The smallest absolute Gasteiger partial charge is 0.268 e. The van der Waals surface area contributed by atoms with Gasteiger partial charge in [0, 0.05) is 30.4 Å². The van der Waals surface area contributed by atoms with Crippen molar-refractivity contribution in [2.24, 2.45) is 10.9 Å². The molecule has 30 heavy (non-hydrogen) atoms. The number of hydrogen-bond donors (Lipinski definition) is 2. The Morgan fingerprint density at radius 1 is 1.20 bits per heavy atom. The Bertz CT molecular complexity index is 832. The molecule has 1 saturated carbocycles. The average Bonchev–Trinajstić information content (AvgIpc) is 2.96. The number of nitrogens with zero attached hydrogens (tertiary/aromatic N) is 1. The summed E-state index contributed by atoms with van der Waals surface area (Å²) in [5.74, 6) is -2.20. The lowest BCUT2D eigenvalue weighted by molar-refractivity contribution is -0.309. The molecule has 3 rings (SSSR count). The molecule has 162 valence electrons. The van der Waals surface area contributed by atoms with E-state index in [1.54, 1.807) is 24.3 Å². The molecule has 1 fully saturated rings. The molecule has 1 heterocycles. The summed E-state index contributed by atoms with van der Waals surface area (Å²) < 4.78 is 5.42. The molecule has 1 aliphatic carbocycles. The number of nitrogens with two attached hydrogens (primary N) is 1. The highest BCUT2D eigenvalue weighted by Crippen LogP contribution is 2.33. The molecule has 0 radical (unpaired) electrons. The molecule has 1 atom stereocenters. The summed E-state index contributed by atoms with van der Waals surface area (Å²) in [6.07, 6.45) is 5.32. The molecule has 1 aromatic carbocycles. The topological polar surface area (TPSA) is 143 Å². The summed E-state index contributed by atoms with van der Waals surface area (Å²) in [6.45, 7) is -0.322. The maximum atomic E-state index is 13.1. The Morgan fingerprint density at radius 3 is 2.57 bits per heavy atom. The summed E-state index contributed by atoms with van der Waals surface area (Å²) >= 11 is 0. The van der Waals surface area contributed by atoms with E-state index >= 15 is 0 Å². The van der Waals surface area contributed by atoms with Gasteiger partial charge in [-0.1, -0.05) is 43.0 Å². The summed E-state index contributed by atoms with van der Waals surface area (Å²) in [6, 6.07) is 6.75. The van der Waals surface area contributed by atoms with Crippen LogP contribution in [0.25, 0.3) is 0 Å². The Morgan fingerprint density at radius 2 is 1.90 bits per heavy atom. The van der Waals surface area contributed by atoms with E-state index in [4.69, 9.17) is 15.3 Å². The van der Waals surface area contributed by atoms with Gasteiger partial charge in [0.15, 0.2) is 6.61 Å². The Balaban J connectivity index is 1.77. The lowest BCUT2D eigenvalue weighted by Gasteiger charge is -2.28. The number of para-hydroxylation sites is 1. The van der Waals surface area contributed by atoms with Gasteiger partial charge < -0.3 is 30.5 Å². The average molecular weight is 416 g/mol. The third kappa shape index (κ3) is 5.28. The number of benzene rings is 1. The minimum atomic E-state index is -1.68. The van der Waals surface area contributed by atoms with Gasteiger partial charge in [0.1, 0.15) is 5.75 Å². The normalized spacial score (nSPS) is 21.8. The minimum Gasteiger partial charge on any atom is -0.550 e. The van der Waals surface area contributed by atoms with Crippen LogP contribution in [-0.4, -0.2) is 41.7 Å². The molecule has 0 aromatic heterocycles. The molecular weight excluding hydrogens is 390 g/mol. The van der Waals surface area contributed by atoms with Crippen LogP contribution < -0.4 is 20.9 Å². The van der Waals surface area contributed by atoms with Crippen LogP contribution in [0.3, 0.4) is 0 Å². The van der Waals surface area contributed by atoms with E-state index in [2.05, 4.69) is 10.5 Å². The van der Waals surface area contributed by atoms with Crippen molar-refractivity contribution < 1.29 is 29.1 Å². The number of carbonyl (C=O) groups excluding carboxylic acids is 3. The molecule has 0 spiro atoms. The van der Waals surface area contributed by atoms with E-state index in [9.17, 15) is 19.5 Å². The van der Waals surface area contributed by atoms with Gasteiger partial charge in [0.25, 0.3) is 11.8 Å². The largest absolute Gasteiger partial charge is 0.550 e. The van der Waals surface area contributed by atoms with Crippen LogP contribution in [0.4, 0.5) is 0 Å². The summed E-state index contributed by atoms with van der Waals surface area (Å²) in [5, 5.41) is 18.4. The number of oxime groups is 1. The Labute approximate surface area is 174 Å². The highest BCUT2D eigenvalue weighted by atomic mass is 16.7. The second-order valence-corrected chi connectivity index (χ2v) is 7.76. The van der Waals surface area contributed by atoms with E-state index in [1.807, 2.05) is 0 Å². The molecule has 9 heteroatoms. The van der Waals surface area contributed by atoms with Crippen molar-refractivity contribution in [2.75, 3.05) is 6.61 Å². The van der Waals surface area contributed by atoms with Crippen molar-refractivity contribution in [2.45, 2.75) is 63.0 Å². The summed E-state index contributed by atoms with van der Waals surface area (Å²) in [5.41, 5.74) is 4.31. The zero-order valence-electron chi connectivity index (χ0n) is 16.7. The number of carboxylic acid groups (broad SMARTS) is 1. The number of carbonyl (C=O) groups is 3. The van der Waals surface area contributed by atoms with Crippen molar-refractivity contribution in [3.05, 3.63) is 29.8 Å². The van der Waals surface area contributed by atoms with Gasteiger partial charge in [-0.05, 0) is 25.0 Å². The Hall–Kier alpha value is -3.10.